The van der Waals surface area contributed by atoms with Crippen LogP contribution in [0.15, 0.2) is 85.6 Å². The van der Waals surface area contributed by atoms with E-state index in [1.165, 1.54) is 11.8 Å². The highest BCUT2D eigenvalue weighted by Crippen LogP contribution is 2.30. The number of nitrogens with zero attached hydrogens (tertiary/aromatic N) is 4. The average molecular weight is 509 g/mol. The van der Waals surface area contributed by atoms with Crippen LogP contribution in [0.5, 0.6) is 0 Å². The number of amides is 1. The van der Waals surface area contributed by atoms with Crippen molar-refractivity contribution < 1.29 is 9.90 Å². The van der Waals surface area contributed by atoms with Crippen LogP contribution < -0.4 is 15.5 Å². The second-order valence-electron chi connectivity index (χ2n) is 9.52. The molecule has 1 fully saturated rings. The van der Waals surface area contributed by atoms with E-state index in [0.29, 0.717) is 11.6 Å². The third kappa shape index (κ3) is 5.99. The first-order valence-electron chi connectivity index (χ1n) is 12.8. The molecule has 1 amide bonds. The number of aliphatic hydroxyl groups is 1. The van der Waals surface area contributed by atoms with Crippen LogP contribution in [-0.4, -0.2) is 64.7 Å². The number of nitrogens with one attached hydrogen (secondary N) is 2. The van der Waals surface area contributed by atoms with Crippen molar-refractivity contribution in [3.05, 3.63) is 85.6 Å². The van der Waals surface area contributed by atoms with E-state index < -0.39 is 0 Å². The minimum Gasteiger partial charge on any atom is -0.392 e. The van der Waals surface area contributed by atoms with E-state index in [4.69, 9.17) is 4.98 Å². The van der Waals surface area contributed by atoms with Gasteiger partial charge in [0.2, 0.25) is 11.9 Å². The molecule has 3 aromatic carbocycles. The van der Waals surface area contributed by atoms with Crippen LogP contribution in [-0.2, 0) is 4.79 Å². The van der Waals surface area contributed by atoms with Crippen LogP contribution in [0.2, 0.25) is 0 Å². The number of hydrogen-bond donors (Lipinski definition) is 3. The molecule has 1 aliphatic heterocycles. The molecule has 194 valence electrons. The van der Waals surface area contributed by atoms with E-state index in [0.717, 1.165) is 60.4 Å². The molecule has 3 N–H and O–H groups in total. The molecule has 1 aromatic heterocycles. The SMILES string of the molecule is C=CC(=O)Nc1cccc(-c2cccc3cnc(Nc4ccc(N5CCN(CC(C)O)CC5)cc4)nc23)c1. The lowest BCUT2D eigenvalue weighted by Crippen LogP contribution is -2.48. The average Bonchev–Trinajstić information content (AvgIpc) is 2.93. The minimum atomic E-state index is -0.296. The summed E-state index contributed by atoms with van der Waals surface area (Å²) in [5.41, 5.74) is 5.50. The fourth-order valence-corrected chi connectivity index (χ4v) is 4.75. The van der Waals surface area contributed by atoms with Crippen molar-refractivity contribution in [2.45, 2.75) is 13.0 Å². The summed E-state index contributed by atoms with van der Waals surface area (Å²) in [6, 6.07) is 22.0. The number of aliphatic hydroxyl groups excluding tert-OH is 1. The van der Waals surface area contributed by atoms with Gasteiger partial charge in [0.1, 0.15) is 0 Å². The number of hydrogen-bond acceptors (Lipinski definition) is 7. The molecule has 0 aliphatic carbocycles. The zero-order valence-electron chi connectivity index (χ0n) is 21.5. The molecule has 1 saturated heterocycles. The largest absolute Gasteiger partial charge is 0.392 e. The second-order valence-corrected chi connectivity index (χ2v) is 9.52. The van der Waals surface area contributed by atoms with Gasteiger partial charge in [-0.1, -0.05) is 36.9 Å². The van der Waals surface area contributed by atoms with Crippen LogP contribution >= 0.6 is 0 Å². The van der Waals surface area contributed by atoms with Crippen molar-refractivity contribution in [3.8, 4) is 11.1 Å². The molecule has 0 bridgehead atoms. The molecule has 8 heteroatoms. The van der Waals surface area contributed by atoms with Crippen LogP contribution in [0.25, 0.3) is 22.0 Å². The molecule has 5 rings (SSSR count). The van der Waals surface area contributed by atoms with E-state index in [2.05, 4.69) is 44.1 Å². The van der Waals surface area contributed by atoms with Crippen LogP contribution in [0.3, 0.4) is 0 Å². The van der Waals surface area contributed by atoms with Gasteiger partial charge in [-0.3, -0.25) is 9.69 Å². The Morgan fingerprint density at radius 2 is 1.82 bits per heavy atom. The zero-order chi connectivity index (χ0) is 26.5. The summed E-state index contributed by atoms with van der Waals surface area (Å²) < 4.78 is 0. The highest BCUT2D eigenvalue weighted by Gasteiger charge is 2.18. The van der Waals surface area contributed by atoms with Crippen molar-refractivity contribution in [1.29, 1.82) is 0 Å². The number of para-hydroxylation sites is 1. The first-order chi connectivity index (χ1) is 18.5. The first-order valence-corrected chi connectivity index (χ1v) is 12.8. The topological polar surface area (TPSA) is 93.6 Å². The first kappa shape index (κ1) is 25.4. The summed E-state index contributed by atoms with van der Waals surface area (Å²) in [6.07, 6.45) is 2.77. The Hall–Kier alpha value is -4.27. The van der Waals surface area contributed by atoms with E-state index in [9.17, 15) is 9.90 Å². The van der Waals surface area contributed by atoms with Gasteiger partial charge in [0.25, 0.3) is 0 Å². The monoisotopic (exact) mass is 508 g/mol. The quantitative estimate of drug-likeness (QED) is 0.298. The normalized spacial score (nSPS) is 14.7. The summed E-state index contributed by atoms with van der Waals surface area (Å²) >= 11 is 0. The van der Waals surface area contributed by atoms with E-state index >= 15 is 0 Å². The van der Waals surface area contributed by atoms with E-state index in [-0.39, 0.29) is 12.0 Å². The number of rotatable bonds is 8. The Morgan fingerprint density at radius 1 is 1.05 bits per heavy atom. The van der Waals surface area contributed by atoms with Gasteiger partial charge in [0.05, 0.1) is 11.6 Å². The van der Waals surface area contributed by atoms with Gasteiger partial charge in [-0.2, -0.15) is 0 Å². The van der Waals surface area contributed by atoms with E-state index in [1.54, 1.807) is 0 Å². The van der Waals surface area contributed by atoms with Crippen molar-refractivity contribution in [2.75, 3.05) is 48.3 Å². The molecular weight excluding hydrogens is 476 g/mol. The molecule has 2 heterocycles. The summed E-state index contributed by atoms with van der Waals surface area (Å²) in [7, 11) is 0. The van der Waals surface area contributed by atoms with Crippen LogP contribution in [0, 0.1) is 0 Å². The number of carbonyl (C=O) groups excluding carboxylic acids is 1. The predicted molar refractivity (Wildman–Crippen MR) is 154 cm³/mol. The highest BCUT2D eigenvalue weighted by atomic mass is 16.3. The Bertz CT molecular complexity index is 1430. The molecule has 1 aliphatic rings. The third-order valence-electron chi connectivity index (χ3n) is 6.62. The number of β-amino-alcohol motifs (C(OH)–C–C–N with tert-alkyl or cyclic N) is 1. The van der Waals surface area contributed by atoms with Crippen LogP contribution in [0.1, 0.15) is 6.92 Å². The highest BCUT2D eigenvalue weighted by molar-refractivity contribution is 6.00. The smallest absolute Gasteiger partial charge is 0.247 e. The van der Waals surface area contributed by atoms with Gasteiger partial charge in [-0.15, -0.1) is 0 Å². The van der Waals surface area contributed by atoms with Gasteiger partial charge < -0.3 is 20.6 Å². The summed E-state index contributed by atoms with van der Waals surface area (Å²) in [5, 5.41) is 16.7. The molecule has 38 heavy (non-hydrogen) atoms. The maximum absolute atomic E-state index is 11.7. The van der Waals surface area contributed by atoms with Crippen molar-refractivity contribution in [2.24, 2.45) is 0 Å². The Labute approximate surface area is 222 Å². The number of carbonyl (C=O) groups is 1. The molecular formula is C30H32N6O2. The lowest BCUT2D eigenvalue weighted by atomic mass is 10.0. The number of anilines is 4. The lowest BCUT2D eigenvalue weighted by Gasteiger charge is -2.36. The number of benzene rings is 3. The van der Waals surface area contributed by atoms with Crippen LogP contribution in [0.4, 0.5) is 23.0 Å². The summed E-state index contributed by atoms with van der Waals surface area (Å²) in [4.78, 5) is 25.8. The summed E-state index contributed by atoms with van der Waals surface area (Å²) in [5.74, 6) is 0.263. The molecule has 1 atom stereocenters. The lowest BCUT2D eigenvalue weighted by molar-refractivity contribution is -0.111. The summed E-state index contributed by atoms with van der Waals surface area (Å²) in [6.45, 7) is 9.84. The number of aromatic nitrogens is 2. The molecule has 0 spiro atoms. The maximum Gasteiger partial charge on any atom is 0.247 e. The molecule has 0 saturated carbocycles. The molecule has 8 nitrogen and oxygen atoms in total. The molecule has 4 aromatic rings. The predicted octanol–water partition coefficient (Wildman–Crippen LogP) is 4.67. The minimum absolute atomic E-state index is 0.251. The third-order valence-corrected chi connectivity index (χ3v) is 6.62. The van der Waals surface area contributed by atoms with Crippen molar-refractivity contribution >= 4 is 39.8 Å². The van der Waals surface area contributed by atoms with Gasteiger partial charge in [0, 0.05) is 66.9 Å². The van der Waals surface area contributed by atoms with E-state index in [1.807, 2.05) is 67.7 Å². The fourth-order valence-electron chi connectivity index (χ4n) is 4.75. The number of piperazine rings is 1. The molecule has 0 radical (unpaired) electrons. The zero-order valence-corrected chi connectivity index (χ0v) is 21.5. The maximum atomic E-state index is 11.7. The second kappa shape index (κ2) is 11.4. The Kier molecular flexibility index (Phi) is 7.62. The Balaban J connectivity index is 1.32. The van der Waals surface area contributed by atoms with Gasteiger partial charge in [0.15, 0.2) is 0 Å². The number of fused-ring (bicyclic) bond motifs is 1. The Morgan fingerprint density at radius 3 is 2.55 bits per heavy atom. The standard InChI is InChI=1S/C30H32N6O2/c1-3-28(38)32-25-8-4-6-22(18-25)27-9-5-7-23-19-31-30(34-29(23)27)33-24-10-12-26(13-11-24)36-16-14-35(15-17-36)20-21(2)37/h3-13,18-19,21,37H,1,14-17,20H2,2H3,(H,32,38)(H,31,33,34). The fraction of sp³-hybridized carbons (Fsp3) is 0.233. The van der Waals surface area contributed by atoms with Crippen molar-refractivity contribution in [3.63, 3.8) is 0 Å². The van der Waals surface area contributed by atoms with Crippen molar-refractivity contribution in [1.82, 2.24) is 14.9 Å². The van der Waals surface area contributed by atoms with Gasteiger partial charge in [-0.05, 0) is 55.0 Å². The van der Waals surface area contributed by atoms with Gasteiger partial charge >= 0.3 is 0 Å². The molecule has 1 unspecified atom stereocenters. The van der Waals surface area contributed by atoms with Gasteiger partial charge in [-0.25, -0.2) is 9.97 Å².